The highest BCUT2D eigenvalue weighted by molar-refractivity contribution is 6.18. The van der Waals surface area contributed by atoms with Crippen LogP contribution in [0.3, 0.4) is 0 Å². The molecule has 25 heavy (non-hydrogen) atoms. The van der Waals surface area contributed by atoms with E-state index in [0.717, 1.165) is 16.4 Å². The zero-order valence-corrected chi connectivity index (χ0v) is 15.0. The van der Waals surface area contributed by atoms with Gasteiger partial charge in [-0.1, -0.05) is 0 Å². The third-order valence-corrected chi connectivity index (χ3v) is 3.84. The van der Waals surface area contributed by atoms with Gasteiger partial charge in [-0.2, -0.15) is 5.10 Å². The molecule has 2 heterocycles. The summed E-state index contributed by atoms with van der Waals surface area (Å²) in [5, 5.41) is 8.39. The molecular formula is C18H21N3O4. The lowest BCUT2D eigenvalue weighted by atomic mass is 10.1. The number of carbonyl (C=O) groups is 2. The number of nitrogens with zero attached hydrogens (tertiary/aromatic N) is 2. The van der Waals surface area contributed by atoms with Crippen LogP contribution < -0.4 is 0 Å². The van der Waals surface area contributed by atoms with Crippen LogP contribution in [-0.2, 0) is 16.5 Å². The number of aryl methyl sites for hydroxylation is 1. The molecule has 0 aliphatic heterocycles. The maximum absolute atomic E-state index is 12.8. The van der Waals surface area contributed by atoms with Crippen molar-refractivity contribution in [1.82, 2.24) is 14.8 Å². The number of rotatable bonds is 3. The summed E-state index contributed by atoms with van der Waals surface area (Å²) in [5.41, 5.74) is 1.27. The van der Waals surface area contributed by atoms with E-state index in [1.54, 1.807) is 51.6 Å². The van der Waals surface area contributed by atoms with Crippen molar-refractivity contribution in [3.05, 3.63) is 29.6 Å². The zero-order chi connectivity index (χ0) is 18.4. The molecule has 0 atom stereocenters. The van der Waals surface area contributed by atoms with Gasteiger partial charge in [0, 0.05) is 17.8 Å². The fourth-order valence-electron chi connectivity index (χ4n) is 2.95. The summed E-state index contributed by atoms with van der Waals surface area (Å²) in [6.45, 7) is 7.30. The highest BCUT2D eigenvalue weighted by Gasteiger charge is 2.31. The first kappa shape index (κ1) is 17.0. The number of hydrogen-bond donors (Lipinski definition) is 1. The highest BCUT2D eigenvalue weighted by Crippen LogP contribution is 2.32. The Morgan fingerprint density at radius 2 is 1.92 bits per heavy atom. The van der Waals surface area contributed by atoms with Gasteiger partial charge in [-0.3, -0.25) is 5.10 Å². The Morgan fingerprint density at radius 3 is 2.56 bits per heavy atom. The smallest absolute Gasteiger partial charge is 0.356 e. The lowest BCUT2D eigenvalue weighted by molar-refractivity contribution is 0.00543. The minimum absolute atomic E-state index is 0.178. The molecule has 2 aromatic heterocycles. The van der Waals surface area contributed by atoms with E-state index in [1.807, 2.05) is 6.07 Å². The Balaban J connectivity index is 2.33. The van der Waals surface area contributed by atoms with Crippen molar-refractivity contribution in [2.45, 2.75) is 33.3 Å². The van der Waals surface area contributed by atoms with E-state index in [4.69, 9.17) is 9.47 Å². The van der Waals surface area contributed by atoms with Gasteiger partial charge >= 0.3 is 11.9 Å². The molecule has 0 spiro atoms. The molecule has 132 valence electrons. The maximum atomic E-state index is 12.8. The van der Waals surface area contributed by atoms with E-state index >= 15 is 0 Å². The number of esters is 2. The van der Waals surface area contributed by atoms with Gasteiger partial charge in [-0.25, -0.2) is 9.59 Å². The summed E-state index contributed by atoms with van der Waals surface area (Å²) in [6.07, 6.45) is 1.67. The Morgan fingerprint density at radius 1 is 1.20 bits per heavy atom. The largest absolute Gasteiger partial charge is 0.462 e. The monoisotopic (exact) mass is 343 g/mol. The first-order valence-electron chi connectivity index (χ1n) is 8.09. The SMILES string of the molecule is CCOC(=O)c1c(C(=O)OC(C)(C)C)n(C)c2c1ccc1[nH]ncc12. The number of H-pyrrole nitrogens is 1. The fourth-order valence-corrected chi connectivity index (χ4v) is 2.95. The van der Waals surface area contributed by atoms with Gasteiger partial charge in [0.2, 0.25) is 0 Å². The van der Waals surface area contributed by atoms with E-state index < -0.39 is 17.5 Å². The van der Waals surface area contributed by atoms with Crippen LogP contribution in [0.25, 0.3) is 21.8 Å². The van der Waals surface area contributed by atoms with Crippen LogP contribution in [0, 0.1) is 0 Å². The minimum Gasteiger partial charge on any atom is -0.462 e. The van der Waals surface area contributed by atoms with E-state index in [1.165, 1.54) is 0 Å². The number of fused-ring (bicyclic) bond motifs is 3. The molecule has 7 heteroatoms. The van der Waals surface area contributed by atoms with Crippen molar-refractivity contribution < 1.29 is 19.1 Å². The van der Waals surface area contributed by atoms with Gasteiger partial charge < -0.3 is 14.0 Å². The number of nitrogens with one attached hydrogen (secondary N) is 1. The number of carbonyl (C=O) groups excluding carboxylic acids is 2. The second-order valence-electron chi connectivity index (χ2n) is 6.80. The molecule has 3 aromatic rings. The Kier molecular flexibility index (Phi) is 4.02. The molecule has 0 amide bonds. The van der Waals surface area contributed by atoms with Gasteiger partial charge in [0.05, 0.1) is 23.8 Å². The molecule has 0 radical (unpaired) electrons. The summed E-state index contributed by atoms with van der Waals surface area (Å²) >= 11 is 0. The standard InChI is InChI=1S/C18H21N3O4/c1-6-24-16(22)13-10-7-8-12-11(9-19-20-12)14(10)21(5)15(13)17(23)25-18(2,3)4/h7-9H,6H2,1-5H3,(H,19,20). The van der Waals surface area contributed by atoms with Crippen molar-refractivity contribution in [2.24, 2.45) is 7.05 Å². The van der Waals surface area contributed by atoms with E-state index in [2.05, 4.69) is 10.2 Å². The topological polar surface area (TPSA) is 86.2 Å². The summed E-state index contributed by atoms with van der Waals surface area (Å²) in [7, 11) is 1.73. The van der Waals surface area contributed by atoms with Crippen LogP contribution in [0.2, 0.25) is 0 Å². The van der Waals surface area contributed by atoms with Crippen LogP contribution in [0.4, 0.5) is 0 Å². The van der Waals surface area contributed by atoms with Crippen LogP contribution in [-0.4, -0.2) is 38.9 Å². The lowest BCUT2D eigenvalue weighted by Gasteiger charge is -2.20. The fraction of sp³-hybridized carbons (Fsp3) is 0.389. The third kappa shape index (κ3) is 2.86. The molecule has 3 rings (SSSR count). The third-order valence-electron chi connectivity index (χ3n) is 3.84. The number of hydrogen-bond acceptors (Lipinski definition) is 5. The van der Waals surface area contributed by atoms with Gasteiger partial charge in [0.25, 0.3) is 0 Å². The van der Waals surface area contributed by atoms with Crippen LogP contribution >= 0.6 is 0 Å². The number of aromatic amines is 1. The van der Waals surface area contributed by atoms with Crippen molar-refractivity contribution in [2.75, 3.05) is 6.61 Å². The van der Waals surface area contributed by atoms with Gasteiger partial charge in [0.1, 0.15) is 16.9 Å². The van der Waals surface area contributed by atoms with Gasteiger partial charge in [-0.05, 0) is 39.8 Å². The quantitative estimate of drug-likeness (QED) is 0.738. The molecule has 7 nitrogen and oxygen atoms in total. The molecule has 0 aliphatic carbocycles. The Bertz CT molecular complexity index is 976. The lowest BCUT2D eigenvalue weighted by Crippen LogP contribution is -2.26. The maximum Gasteiger partial charge on any atom is 0.356 e. The van der Waals surface area contributed by atoms with E-state index in [9.17, 15) is 9.59 Å². The van der Waals surface area contributed by atoms with Gasteiger partial charge in [0.15, 0.2) is 0 Å². The molecule has 0 saturated heterocycles. The highest BCUT2D eigenvalue weighted by atomic mass is 16.6. The summed E-state index contributed by atoms with van der Waals surface area (Å²) < 4.78 is 12.4. The van der Waals surface area contributed by atoms with Crippen LogP contribution in [0.1, 0.15) is 48.5 Å². The van der Waals surface area contributed by atoms with Crippen molar-refractivity contribution >= 4 is 33.7 Å². The molecule has 0 saturated carbocycles. The van der Waals surface area contributed by atoms with Crippen molar-refractivity contribution in [3.8, 4) is 0 Å². The molecule has 0 bridgehead atoms. The normalized spacial score (nSPS) is 11.9. The zero-order valence-electron chi connectivity index (χ0n) is 15.0. The number of ether oxygens (including phenoxy) is 2. The predicted molar refractivity (Wildman–Crippen MR) is 93.7 cm³/mol. The first-order valence-corrected chi connectivity index (χ1v) is 8.09. The summed E-state index contributed by atoms with van der Waals surface area (Å²) in [6, 6.07) is 3.61. The van der Waals surface area contributed by atoms with Crippen molar-refractivity contribution in [1.29, 1.82) is 0 Å². The molecule has 1 aromatic carbocycles. The minimum atomic E-state index is -0.676. The van der Waals surface area contributed by atoms with E-state index in [0.29, 0.717) is 5.39 Å². The predicted octanol–water partition coefficient (Wildman–Crippen LogP) is 3.19. The molecular weight excluding hydrogens is 322 g/mol. The Hall–Kier alpha value is -2.83. The van der Waals surface area contributed by atoms with Crippen LogP contribution in [0.5, 0.6) is 0 Å². The Labute approximate surface area is 144 Å². The van der Waals surface area contributed by atoms with Crippen molar-refractivity contribution in [3.63, 3.8) is 0 Å². The van der Waals surface area contributed by atoms with Gasteiger partial charge in [-0.15, -0.1) is 0 Å². The molecule has 0 aliphatic rings. The molecule has 0 fully saturated rings. The first-order chi connectivity index (χ1) is 11.7. The molecule has 0 unspecified atom stereocenters. The summed E-state index contributed by atoms with van der Waals surface area (Å²) in [5.74, 6) is -1.11. The average Bonchev–Trinajstić information content (AvgIpc) is 3.07. The summed E-state index contributed by atoms with van der Waals surface area (Å²) in [4.78, 5) is 25.4. The number of benzene rings is 1. The number of aromatic nitrogens is 3. The second-order valence-corrected chi connectivity index (χ2v) is 6.80. The van der Waals surface area contributed by atoms with Crippen LogP contribution in [0.15, 0.2) is 18.3 Å². The van der Waals surface area contributed by atoms with E-state index in [-0.39, 0.29) is 17.9 Å². The average molecular weight is 343 g/mol. The molecule has 1 N–H and O–H groups in total. The second kappa shape index (κ2) is 5.91.